The number of aryl methyl sites for hydroxylation is 1. The molecule has 1 atom stereocenters. The van der Waals surface area contributed by atoms with Gasteiger partial charge >= 0.3 is 0 Å². The van der Waals surface area contributed by atoms with Crippen molar-refractivity contribution in [2.45, 2.75) is 32.9 Å². The number of carbonyl (C=O) groups excluding carboxylic acids is 2. The van der Waals surface area contributed by atoms with E-state index in [9.17, 15) is 9.59 Å². The number of anilines is 1. The second-order valence-electron chi connectivity index (χ2n) is 7.13. The molecule has 31 heavy (non-hydrogen) atoms. The Kier molecular flexibility index (Phi) is 7.68. The van der Waals surface area contributed by atoms with Gasteiger partial charge in [-0.3, -0.25) is 9.59 Å². The minimum absolute atomic E-state index is 0.262. The van der Waals surface area contributed by atoms with Gasteiger partial charge in [-0.25, -0.2) is 0 Å². The zero-order chi connectivity index (χ0) is 22.2. The summed E-state index contributed by atoms with van der Waals surface area (Å²) >= 11 is 6.06. The molecule has 0 bridgehead atoms. The number of amides is 2. The fraction of sp³-hybridized carbons (Fsp3) is 0.200. The Bertz CT molecular complexity index is 1050. The van der Waals surface area contributed by atoms with Crippen LogP contribution in [0.4, 0.5) is 5.69 Å². The molecule has 6 heteroatoms. The Hall–Kier alpha value is -3.31. The SMILES string of the molecule is CC[C@@H](Oc1ccc(Cl)c(C)c1)C(=O)Nc1ccccc1C(=O)NCc1ccccc1. The van der Waals surface area contributed by atoms with Crippen LogP contribution in [0.2, 0.25) is 5.02 Å². The molecule has 2 N–H and O–H groups in total. The lowest BCUT2D eigenvalue weighted by Crippen LogP contribution is -2.33. The van der Waals surface area contributed by atoms with Crippen LogP contribution in [0.15, 0.2) is 72.8 Å². The van der Waals surface area contributed by atoms with Gasteiger partial charge in [-0.2, -0.15) is 0 Å². The second-order valence-corrected chi connectivity index (χ2v) is 7.54. The summed E-state index contributed by atoms with van der Waals surface area (Å²) in [6.45, 7) is 4.14. The maximum Gasteiger partial charge on any atom is 0.265 e. The predicted octanol–water partition coefficient (Wildman–Crippen LogP) is 5.37. The topological polar surface area (TPSA) is 67.4 Å². The number of para-hydroxylation sites is 1. The first-order valence-electron chi connectivity index (χ1n) is 10.1. The number of carbonyl (C=O) groups is 2. The Morgan fingerprint density at radius 3 is 2.42 bits per heavy atom. The molecule has 3 aromatic carbocycles. The van der Waals surface area contributed by atoms with Crippen LogP contribution in [0.5, 0.6) is 5.75 Å². The van der Waals surface area contributed by atoms with Gasteiger partial charge in [-0.15, -0.1) is 0 Å². The lowest BCUT2D eigenvalue weighted by atomic mass is 10.1. The summed E-state index contributed by atoms with van der Waals surface area (Å²) in [4.78, 5) is 25.6. The summed E-state index contributed by atoms with van der Waals surface area (Å²) in [5, 5.41) is 6.36. The van der Waals surface area contributed by atoms with Gasteiger partial charge in [-0.1, -0.05) is 61.0 Å². The van der Waals surface area contributed by atoms with Crippen LogP contribution in [-0.4, -0.2) is 17.9 Å². The van der Waals surface area contributed by atoms with Gasteiger partial charge in [0.1, 0.15) is 5.75 Å². The number of hydrogen-bond donors (Lipinski definition) is 2. The van der Waals surface area contributed by atoms with Crippen LogP contribution >= 0.6 is 11.6 Å². The lowest BCUT2D eigenvalue weighted by Gasteiger charge is -2.19. The molecular weight excluding hydrogens is 412 g/mol. The molecule has 0 fully saturated rings. The molecule has 0 aliphatic rings. The monoisotopic (exact) mass is 436 g/mol. The van der Waals surface area contributed by atoms with Gasteiger partial charge in [0.2, 0.25) is 0 Å². The number of rotatable bonds is 8. The lowest BCUT2D eigenvalue weighted by molar-refractivity contribution is -0.122. The van der Waals surface area contributed by atoms with E-state index in [1.54, 1.807) is 42.5 Å². The third kappa shape index (κ3) is 6.09. The van der Waals surface area contributed by atoms with Crippen molar-refractivity contribution in [2.75, 3.05) is 5.32 Å². The average molecular weight is 437 g/mol. The van der Waals surface area contributed by atoms with Crippen molar-refractivity contribution in [1.82, 2.24) is 5.32 Å². The number of benzene rings is 3. The molecule has 3 aromatic rings. The minimum atomic E-state index is -0.707. The molecule has 0 saturated heterocycles. The van der Waals surface area contributed by atoms with E-state index in [1.807, 2.05) is 44.2 Å². The number of ether oxygens (including phenoxy) is 1. The van der Waals surface area contributed by atoms with Crippen molar-refractivity contribution in [3.8, 4) is 5.75 Å². The highest BCUT2D eigenvalue weighted by molar-refractivity contribution is 6.31. The van der Waals surface area contributed by atoms with E-state index in [1.165, 1.54) is 0 Å². The molecule has 0 aliphatic heterocycles. The van der Waals surface area contributed by atoms with E-state index in [0.717, 1.165) is 11.1 Å². The summed E-state index contributed by atoms with van der Waals surface area (Å²) < 4.78 is 5.87. The fourth-order valence-corrected chi connectivity index (χ4v) is 3.17. The first-order chi connectivity index (χ1) is 15.0. The summed E-state index contributed by atoms with van der Waals surface area (Å²) in [6.07, 6.45) is -0.239. The standard InChI is InChI=1S/C25H25ClN2O3/c1-3-23(31-19-13-14-21(26)17(2)15-19)25(30)28-22-12-8-7-11-20(22)24(29)27-16-18-9-5-4-6-10-18/h4-15,23H,3,16H2,1-2H3,(H,27,29)(H,28,30)/t23-/m1/s1. The van der Waals surface area contributed by atoms with Crippen molar-refractivity contribution in [3.63, 3.8) is 0 Å². The van der Waals surface area contributed by atoms with E-state index in [0.29, 0.717) is 35.0 Å². The van der Waals surface area contributed by atoms with Crippen molar-refractivity contribution in [3.05, 3.63) is 94.5 Å². The normalized spacial score (nSPS) is 11.5. The van der Waals surface area contributed by atoms with Gasteiger partial charge in [0, 0.05) is 11.6 Å². The van der Waals surface area contributed by atoms with Crippen LogP contribution in [0.25, 0.3) is 0 Å². The Labute approximate surface area is 187 Å². The molecule has 160 valence electrons. The van der Waals surface area contributed by atoms with E-state index < -0.39 is 6.10 Å². The molecule has 3 rings (SSSR count). The fourth-order valence-electron chi connectivity index (χ4n) is 3.05. The Morgan fingerprint density at radius 1 is 1.00 bits per heavy atom. The van der Waals surface area contributed by atoms with Crippen LogP contribution < -0.4 is 15.4 Å². The van der Waals surface area contributed by atoms with Gasteiger partial charge < -0.3 is 15.4 Å². The van der Waals surface area contributed by atoms with Crippen molar-refractivity contribution < 1.29 is 14.3 Å². The molecule has 0 saturated carbocycles. The smallest absolute Gasteiger partial charge is 0.265 e. The van der Waals surface area contributed by atoms with E-state index in [-0.39, 0.29) is 11.8 Å². The van der Waals surface area contributed by atoms with Crippen LogP contribution in [0.1, 0.15) is 34.8 Å². The molecule has 0 radical (unpaired) electrons. The molecule has 0 heterocycles. The summed E-state index contributed by atoms with van der Waals surface area (Å²) in [5.74, 6) is -0.0155. The molecule has 2 amide bonds. The first kappa shape index (κ1) is 22.4. The Morgan fingerprint density at radius 2 is 1.71 bits per heavy atom. The van der Waals surface area contributed by atoms with Gasteiger partial charge in [0.25, 0.3) is 11.8 Å². The zero-order valence-corrected chi connectivity index (χ0v) is 18.3. The first-order valence-corrected chi connectivity index (χ1v) is 10.5. The van der Waals surface area contributed by atoms with E-state index in [2.05, 4.69) is 10.6 Å². The highest BCUT2D eigenvalue weighted by Gasteiger charge is 2.21. The highest BCUT2D eigenvalue weighted by atomic mass is 35.5. The van der Waals surface area contributed by atoms with Gasteiger partial charge in [0.15, 0.2) is 6.10 Å². The maximum atomic E-state index is 12.9. The third-order valence-corrected chi connectivity index (χ3v) is 5.22. The quantitative estimate of drug-likeness (QED) is 0.498. The number of hydrogen-bond acceptors (Lipinski definition) is 3. The Balaban J connectivity index is 1.68. The minimum Gasteiger partial charge on any atom is -0.481 e. The van der Waals surface area contributed by atoms with Crippen molar-refractivity contribution >= 4 is 29.1 Å². The van der Waals surface area contributed by atoms with E-state index in [4.69, 9.17) is 16.3 Å². The zero-order valence-electron chi connectivity index (χ0n) is 17.5. The maximum absolute atomic E-state index is 12.9. The van der Waals surface area contributed by atoms with Gasteiger partial charge in [0.05, 0.1) is 11.3 Å². The van der Waals surface area contributed by atoms with Crippen LogP contribution in [-0.2, 0) is 11.3 Å². The largest absolute Gasteiger partial charge is 0.481 e. The highest BCUT2D eigenvalue weighted by Crippen LogP contribution is 2.23. The molecule has 0 unspecified atom stereocenters. The van der Waals surface area contributed by atoms with Gasteiger partial charge in [-0.05, 0) is 54.8 Å². The molecular formula is C25H25ClN2O3. The summed E-state index contributed by atoms with van der Waals surface area (Å²) in [6, 6.07) is 21.8. The average Bonchev–Trinajstić information content (AvgIpc) is 2.79. The summed E-state index contributed by atoms with van der Waals surface area (Å²) in [7, 11) is 0. The molecule has 0 aliphatic carbocycles. The molecule has 5 nitrogen and oxygen atoms in total. The van der Waals surface area contributed by atoms with Crippen LogP contribution in [0.3, 0.4) is 0 Å². The predicted molar refractivity (Wildman–Crippen MR) is 124 cm³/mol. The second kappa shape index (κ2) is 10.6. The molecule has 0 spiro atoms. The van der Waals surface area contributed by atoms with E-state index >= 15 is 0 Å². The van der Waals surface area contributed by atoms with Crippen molar-refractivity contribution in [1.29, 1.82) is 0 Å². The number of halogens is 1. The van der Waals surface area contributed by atoms with Crippen LogP contribution in [0, 0.1) is 6.92 Å². The number of nitrogens with one attached hydrogen (secondary N) is 2. The summed E-state index contributed by atoms with van der Waals surface area (Å²) in [5.41, 5.74) is 2.70. The molecule has 0 aromatic heterocycles. The van der Waals surface area contributed by atoms with Crippen molar-refractivity contribution in [2.24, 2.45) is 0 Å². The third-order valence-electron chi connectivity index (χ3n) is 4.80.